The highest BCUT2D eigenvalue weighted by Crippen LogP contribution is 2.18. The Morgan fingerprint density at radius 1 is 1.43 bits per heavy atom. The number of likely N-dealkylation sites (tertiary alicyclic amines) is 1. The molecule has 1 amide bonds. The summed E-state index contributed by atoms with van der Waals surface area (Å²) in [6.07, 6.45) is 8.52. The molecule has 1 unspecified atom stereocenters. The molecule has 21 heavy (non-hydrogen) atoms. The molecule has 2 aliphatic rings. The monoisotopic (exact) mass is 291 g/mol. The number of carbonyl (C=O) groups is 1. The third-order valence-corrected chi connectivity index (χ3v) is 4.20. The summed E-state index contributed by atoms with van der Waals surface area (Å²) >= 11 is 0. The molecule has 2 fully saturated rings. The minimum absolute atomic E-state index is 0.0565. The van der Waals surface area contributed by atoms with Crippen molar-refractivity contribution in [2.75, 3.05) is 32.0 Å². The van der Waals surface area contributed by atoms with Crippen LogP contribution in [0.25, 0.3) is 0 Å². The molecule has 3 rings (SSSR count). The lowest BCUT2D eigenvalue weighted by Gasteiger charge is -2.29. The van der Waals surface area contributed by atoms with Gasteiger partial charge in [-0.1, -0.05) is 0 Å². The summed E-state index contributed by atoms with van der Waals surface area (Å²) in [5.74, 6) is 0.756. The van der Waals surface area contributed by atoms with Gasteiger partial charge >= 0.3 is 0 Å². The number of nitrogens with one attached hydrogen (secondary N) is 2. The van der Waals surface area contributed by atoms with E-state index in [0.717, 1.165) is 31.6 Å². The van der Waals surface area contributed by atoms with Crippen molar-refractivity contribution in [2.45, 2.75) is 38.3 Å². The molecular weight excluding hydrogens is 266 g/mol. The van der Waals surface area contributed by atoms with E-state index in [1.165, 1.54) is 19.4 Å². The SMILES string of the molecule is CN1CCCC(CNc2cnn(CC(=O)NC3CC3)c2)C1. The molecule has 1 aliphatic carbocycles. The zero-order chi connectivity index (χ0) is 14.7. The van der Waals surface area contributed by atoms with Gasteiger partial charge in [-0.2, -0.15) is 5.10 Å². The lowest BCUT2D eigenvalue weighted by molar-refractivity contribution is -0.122. The van der Waals surface area contributed by atoms with Gasteiger partial charge in [0.2, 0.25) is 5.91 Å². The molecule has 1 aromatic heterocycles. The molecule has 1 aliphatic heterocycles. The van der Waals surface area contributed by atoms with Crippen molar-refractivity contribution in [3.05, 3.63) is 12.4 Å². The van der Waals surface area contributed by atoms with E-state index in [9.17, 15) is 4.79 Å². The molecule has 1 atom stereocenters. The number of carbonyl (C=O) groups excluding carboxylic acids is 1. The van der Waals surface area contributed by atoms with Gasteiger partial charge in [-0.15, -0.1) is 0 Å². The molecule has 2 heterocycles. The second kappa shape index (κ2) is 6.47. The third-order valence-electron chi connectivity index (χ3n) is 4.20. The maximum absolute atomic E-state index is 11.7. The zero-order valence-electron chi connectivity index (χ0n) is 12.7. The first kappa shape index (κ1) is 14.4. The summed E-state index contributed by atoms with van der Waals surface area (Å²) in [5, 5.41) is 10.7. The van der Waals surface area contributed by atoms with E-state index in [0.29, 0.717) is 18.5 Å². The molecule has 0 radical (unpaired) electrons. The van der Waals surface area contributed by atoms with Gasteiger partial charge in [0.15, 0.2) is 0 Å². The second-order valence-electron chi connectivity index (χ2n) is 6.42. The van der Waals surface area contributed by atoms with Crippen LogP contribution in [0.15, 0.2) is 12.4 Å². The van der Waals surface area contributed by atoms with E-state index in [1.54, 1.807) is 10.9 Å². The van der Waals surface area contributed by atoms with Crippen molar-refractivity contribution in [3.63, 3.8) is 0 Å². The Bertz CT molecular complexity index is 482. The molecule has 2 N–H and O–H groups in total. The highest BCUT2D eigenvalue weighted by molar-refractivity contribution is 5.76. The first-order valence-electron chi connectivity index (χ1n) is 7.93. The van der Waals surface area contributed by atoms with Crippen LogP contribution in [-0.2, 0) is 11.3 Å². The minimum atomic E-state index is 0.0565. The predicted molar refractivity (Wildman–Crippen MR) is 82.1 cm³/mol. The average Bonchev–Trinajstić information content (AvgIpc) is 3.14. The van der Waals surface area contributed by atoms with Crippen LogP contribution in [0.3, 0.4) is 0 Å². The first-order chi connectivity index (χ1) is 10.2. The normalized spacial score (nSPS) is 23.0. The maximum atomic E-state index is 11.7. The van der Waals surface area contributed by atoms with Gasteiger partial charge < -0.3 is 15.5 Å². The molecular formula is C15H25N5O. The van der Waals surface area contributed by atoms with Crippen molar-refractivity contribution in [1.82, 2.24) is 20.0 Å². The van der Waals surface area contributed by atoms with Crippen LogP contribution >= 0.6 is 0 Å². The highest BCUT2D eigenvalue weighted by atomic mass is 16.2. The first-order valence-corrected chi connectivity index (χ1v) is 7.93. The fourth-order valence-electron chi connectivity index (χ4n) is 2.89. The summed E-state index contributed by atoms with van der Waals surface area (Å²) in [6.45, 7) is 3.66. The van der Waals surface area contributed by atoms with E-state index in [1.807, 2.05) is 6.20 Å². The number of anilines is 1. The lowest BCUT2D eigenvalue weighted by Crippen LogP contribution is -2.35. The molecule has 0 aromatic carbocycles. The summed E-state index contributed by atoms with van der Waals surface area (Å²) in [6, 6.07) is 0.411. The standard InChI is InChI=1S/C15H25N5O/c1-19-6-2-3-12(9-19)7-16-14-8-17-20(10-14)11-15(21)18-13-4-5-13/h8,10,12-13,16H,2-7,9,11H2,1H3,(H,18,21). The predicted octanol–water partition coefficient (Wildman–Crippen LogP) is 0.915. The van der Waals surface area contributed by atoms with Gasteiger partial charge in [-0.3, -0.25) is 9.48 Å². The van der Waals surface area contributed by atoms with Gasteiger partial charge in [0.1, 0.15) is 6.54 Å². The quantitative estimate of drug-likeness (QED) is 0.818. The molecule has 116 valence electrons. The van der Waals surface area contributed by atoms with Crippen LogP contribution in [-0.4, -0.2) is 53.3 Å². The fraction of sp³-hybridized carbons (Fsp3) is 0.733. The van der Waals surface area contributed by atoms with Crippen molar-refractivity contribution in [1.29, 1.82) is 0 Å². The number of amides is 1. The largest absolute Gasteiger partial charge is 0.382 e. The molecule has 0 spiro atoms. The number of piperidine rings is 1. The second-order valence-corrected chi connectivity index (χ2v) is 6.42. The summed E-state index contributed by atoms with van der Waals surface area (Å²) in [4.78, 5) is 14.1. The van der Waals surface area contributed by atoms with Gasteiger partial charge in [-0.25, -0.2) is 0 Å². The Hall–Kier alpha value is -1.56. The maximum Gasteiger partial charge on any atom is 0.241 e. The lowest BCUT2D eigenvalue weighted by atomic mass is 9.98. The van der Waals surface area contributed by atoms with Crippen LogP contribution in [0.2, 0.25) is 0 Å². The third kappa shape index (κ3) is 4.46. The van der Waals surface area contributed by atoms with Gasteiger partial charge in [0.25, 0.3) is 0 Å². The molecule has 1 saturated heterocycles. The molecule has 0 bridgehead atoms. The Balaban J connectivity index is 1.42. The van der Waals surface area contributed by atoms with E-state index < -0.39 is 0 Å². The van der Waals surface area contributed by atoms with Crippen LogP contribution in [0.4, 0.5) is 5.69 Å². The Morgan fingerprint density at radius 3 is 3.05 bits per heavy atom. The van der Waals surface area contributed by atoms with E-state index in [2.05, 4.69) is 27.7 Å². The Morgan fingerprint density at radius 2 is 2.29 bits per heavy atom. The smallest absolute Gasteiger partial charge is 0.241 e. The van der Waals surface area contributed by atoms with Gasteiger partial charge in [0.05, 0.1) is 11.9 Å². The van der Waals surface area contributed by atoms with E-state index in [4.69, 9.17) is 0 Å². The van der Waals surface area contributed by atoms with E-state index in [-0.39, 0.29) is 5.91 Å². The van der Waals surface area contributed by atoms with Crippen LogP contribution in [0.1, 0.15) is 25.7 Å². The summed E-state index contributed by atoms with van der Waals surface area (Å²) in [7, 11) is 2.18. The Kier molecular flexibility index (Phi) is 4.43. The zero-order valence-corrected chi connectivity index (χ0v) is 12.7. The highest BCUT2D eigenvalue weighted by Gasteiger charge is 2.23. The van der Waals surface area contributed by atoms with Crippen LogP contribution < -0.4 is 10.6 Å². The molecule has 6 nitrogen and oxygen atoms in total. The van der Waals surface area contributed by atoms with E-state index >= 15 is 0 Å². The molecule has 1 saturated carbocycles. The number of rotatable bonds is 6. The number of hydrogen-bond donors (Lipinski definition) is 2. The van der Waals surface area contributed by atoms with Crippen molar-refractivity contribution in [3.8, 4) is 0 Å². The minimum Gasteiger partial charge on any atom is -0.382 e. The van der Waals surface area contributed by atoms with Gasteiger partial charge in [0, 0.05) is 25.3 Å². The number of aromatic nitrogens is 2. The average molecular weight is 291 g/mol. The number of nitrogens with zero attached hydrogens (tertiary/aromatic N) is 3. The summed E-state index contributed by atoms with van der Waals surface area (Å²) in [5.41, 5.74) is 1.00. The van der Waals surface area contributed by atoms with Crippen LogP contribution in [0, 0.1) is 5.92 Å². The fourth-order valence-corrected chi connectivity index (χ4v) is 2.89. The van der Waals surface area contributed by atoms with Crippen molar-refractivity contribution >= 4 is 11.6 Å². The van der Waals surface area contributed by atoms with Crippen molar-refractivity contribution < 1.29 is 4.79 Å². The topological polar surface area (TPSA) is 62.2 Å². The Labute approximate surface area is 125 Å². The van der Waals surface area contributed by atoms with Crippen LogP contribution in [0.5, 0.6) is 0 Å². The molecule has 6 heteroatoms. The number of hydrogen-bond acceptors (Lipinski definition) is 4. The summed E-state index contributed by atoms with van der Waals surface area (Å²) < 4.78 is 1.70. The van der Waals surface area contributed by atoms with Crippen molar-refractivity contribution in [2.24, 2.45) is 5.92 Å². The molecule has 1 aromatic rings. The van der Waals surface area contributed by atoms with Gasteiger partial charge in [-0.05, 0) is 45.2 Å².